The van der Waals surface area contributed by atoms with Gasteiger partial charge in [0.25, 0.3) is 5.91 Å². The van der Waals surface area contributed by atoms with Crippen molar-refractivity contribution < 1.29 is 23.9 Å². The summed E-state index contributed by atoms with van der Waals surface area (Å²) in [6.45, 7) is 3.58. The quantitative estimate of drug-likeness (QED) is 0.548. The number of esters is 1. The van der Waals surface area contributed by atoms with Gasteiger partial charge in [-0.25, -0.2) is 4.79 Å². The first kappa shape index (κ1) is 22.5. The number of nitrogens with zero attached hydrogens (tertiary/aromatic N) is 1. The third-order valence-corrected chi connectivity index (χ3v) is 6.60. The van der Waals surface area contributed by atoms with Crippen molar-refractivity contribution in [1.82, 2.24) is 4.90 Å². The van der Waals surface area contributed by atoms with Crippen molar-refractivity contribution >= 4 is 34.1 Å². The monoisotopic (exact) mass is 464 g/mol. The second kappa shape index (κ2) is 9.07. The minimum absolute atomic E-state index is 0.180. The molecule has 1 N–H and O–H groups in total. The maximum Gasteiger partial charge on any atom is 0.341 e. The fourth-order valence-corrected chi connectivity index (χ4v) is 5.05. The van der Waals surface area contributed by atoms with Crippen LogP contribution in [0.25, 0.3) is 0 Å². The molecule has 1 aliphatic heterocycles. The highest BCUT2D eigenvalue weighted by atomic mass is 32.1. The first-order valence-electron chi connectivity index (χ1n) is 10.5. The normalized spacial score (nSPS) is 12.2. The van der Waals surface area contributed by atoms with Crippen molar-refractivity contribution in [2.45, 2.75) is 19.8 Å². The number of carbonyl (C=O) groups is 3. The van der Waals surface area contributed by atoms with Crippen molar-refractivity contribution in [3.63, 3.8) is 0 Å². The maximum atomic E-state index is 13.6. The number of amides is 2. The van der Waals surface area contributed by atoms with Gasteiger partial charge in [0, 0.05) is 25.2 Å². The predicted octanol–water partition coefficient (Wildman–Crippen LogP) is 4.81. The van der Waals surface area contributed by atoms with Crippen LogP contribution in [-0.4, -0.2) is 43.4 Å². The van der Waals surface area contributed by atoms with Gasteiger partial charge in [-0.2, -0.15) is 0 Å². The van der Waals surface area contributed by atoms with Gasteiger partial charge in [-0.05, 0) is 31.5 Å². The summed E-state index contributed by atoms with van der Waals surface area (Å²) < 4.78 is 11.2. The Morgan fingerprint density at radius 3 is 2.15 bits per heavy atom. The molecule has 0 unspecified atom stereocenters. The van der Waals surface area contributed by atoms with Gasteiger partial charge in [0.1, 0.15) is 16.5 Å². The number of hydrogen-bond donors (Lipinski definition) is 1. The highest BCUT2D eigenvalue weighted by Crippen LogP contribution is 2.45. The average molecular weight is 465 g/mol. The number of hydrogen-bond acceptors (Lipinski definition) is 6. The maximum absolute atomic E-state index is 13.6. The Morgan fingerprint density at radius 2 is 1.61 bits per heavy atom. The number of para-hydroxylation sites is 2. The average Bonchev–Trinajstić information content (AvgIpc) is 3.12. The molecule has 2 aromatic carbocycles. The Kier molecular flexibility index (Phi) is 6.20. The van der Waals surface area contributed by atoms with E-state index in [1.807, 2.05) is 48.5 Å². The third-order valence-electron chi connectivity index (χ3n) is 5.41. The molecular formula is C25H24N2O5S. The molecule has 2 amide bonds. The van der Waals surface area contributed by atoms with Crippen LogP contribution in [0.4, 0.5) is 5.00 Å². The summed E-state index contributed by atoms with van der Waals surface area (Å²) in [6, 6.07) is 14.7. The fraction of sp³-hybridized carbons (Fsp3) is 0.240. The highest BCUT2D eigenvalue weighted by molar-refractivity contribution is 7.18. The number of ether oxygens (including phenoxy) is 2. The van der Waals surface area contributed by atoms with Gasteiger partial charge < -0.3 is 19.7 Å². The Balaban J connectivity index is 1.77. The van der Waals surface area contributed by atoms with E-state index >= 15 is 0 Å². The van der Waals surface area contributed by atoms with Crippen LogP contribution in [0.3, 0.4) is 0 Å². The van der Waals surface area contributed by atoms with E-state index in [9.17, 15) is 14.4 Å². The SMILES string of the molecule is CCOC(=O)c1c(NC(=O)C2c3ccccc3Oc3ccccc32)sc(C(=O)N(C)C)c1C. The molecule has 7 nitrogen and oxygen atoms in total. The standard InChI is InChI=1S/C25H24N2O5S/c1-5-31-25(30)19-14(2)21(24(29)27(3)4)33-23(19)26-22(28)20-15-10-6-8-12-17(15)32-18-13-9-7-11-16(18)20/h6-13,20H,5H2,1-4H3,(H,26,28). The van der Waals surface area contributed by atoms with Crippen LogP contribution in [-0.2, 0) is 9.53 Å². The minimum Gasteiger partial charge on any atom is -0.462 e. The Bertz CT molecular complexity index is 1200. The molecule has 3 aromatic rings. The molecule has 0 aliphatic carbocycles. The molecule has 0 saturated heterocycles. The van der Waals surface area contributed by atoms with Crippen LogP contribution < -0.4 is 10.1 Å². The fourth-order valence-electron chi connectivity index (χ4n) is 3.83. The van der Waals surface area contributed by atoms with Crippen LogP contribution in [0, 0.1) is 6.92 Å². The smallest absolute Gasteiger partial charge is 0.341 e. The second-order valence-electron chi connectivity index (χ2n) is 7.78. The van der Waals surface area contributed by atoms with Gasteiger partial charge in [0.05, 0.1) is 23.0 Å². The molecule has 0 radical (unpaired) electrons. The van der Waals surface area contributed by atoms with Gasteiger partial charge >= 0.3 is 5.97 Å². The molecule has 0 spiro atoms. The third kappa shape index (κ3) is 4.09. The zero-order chi connectivity index (χ0) is 23.7. The molecule has 170 valence electrons. The molecule has 1 aliphatic rings. The Hall–Kier alpha value is -3.65. The van der Waals surface area contributed by atoms with E-state index < -0.39 is 11.9 Å². The van der Waals surface area contributed by atoms with Crippen molar-refractivity contribution in [2.75, 3.05) is 26.0 Å². The number of rotatable bonds is 5. The summed E-state index contributed by atoms with van der Waals surface area (Å²) in [5.41, 5.74) is 2.14. The van der Waals surface area contributed by atoms with E-state index in [1.165, 1.54) is 4.90 Å². The Morgan fingerprint density at radius 1 is 1.03 bits per heavy atom. The van der Waals surface area contributed by atoms with Crippen LogP contribution in [0.1, 0.15) is 49.6 Å². The lowest BCUT2D eigenvalue weighted by molar-refractivity contribution is -0.116. The van der Waals surface area contributed by atoms with E-state index in [1.54, 1.807) is 27.9 Å². The van der Waals surface area contributed by atoms with Gasteiger partial charge in [0.2, 0.25) is 5.91 Å². The van der Waals surface area contributed by atoms with Gasteiger partial charge in [0.15, 0.2) is 0 Å². The zero-order valence-corrected chi connectivity index (χ0v) is 19.6. The van der Waals surface area contributed by atoms with Gasteiger partial charge in [-0.3, -0.25) is 9.59 Å². The second-order valence-corrected chi connectivity index (χ2v) is 8.80. The summed E-state index contributed by atoms with van der Waals surface area (Å²) in [6.07, 6.45) is 0. The van der Waals surface area contributed by atoms with Crippen molar-refractivity contribution in [3.8, 4) is 11.5 Å². The van der Waals surface area contributed by atoms with E-state index in [0.717, 1.165) is 22.5 Å². The summed E-state index contributed by atoms with van der Waals surface area (Å²) in [7, 11) is 3.28. The molecule has 33 heavy (non-hydrogen) atoms. The molecule has 0 fully saturated rings. The van der Waals surface area contributed by atoms with Crippen LogP contribution in [0.5, 0.6) is 11.5 Å². The summed E-state index contributed by atoms with van der Waals surface area (Å²) in [5.74, 6) is -0.580. The molecular weight excluding hydrogens is 440 g/mol. The Labute approximate surface area is 195 Å². The predicted molar refractivity (Wildman–Crippen MR) is 126 cm³/mol. The van der Waals surface area contributed by atoms with Crippen molar-refractivity contribution in [1.29, 1.82) is 0 Å². The number of anilines is 1. The van der Waals surface area contributed by atoms with Gasteiger partial charge in [-0.1, -0.05) is 36.4 Å². The van der Waals surface area contributed by atoms with E-state index in [-0.39, 0.29) is 24.0 Å². The first-order valence-corrected chi connectivity index (χ1v) is 11.3. The molecule has 0 atom stereocenters. The number of carbonyl (C=O) groups excluding carboxylic acids is 3. The largest absolute Gasteiger partial charge is 0.462 e. The number of benzene rings is 2. The summed E-state index contributed by atoms with van der Waals surface area (Å²) in [5, 5.41) is 3.20. The van der Waals surface area contributed by atoms with Crippen LogP contribution in [0.2, 0.25) is 0 Å². The minimum atomic E-state index is -0.642. The summed E-state index contributed by atoms with van der Waals surface area (Å²) >= 11 is 1.08. The van der Waals surface area contributed by atoms with Crippen LogP contribution in [0.15, 0.2) is 48.5 Å². The number of nitrogens with one attached hydrogen (secondary N) is 1. The molecule has 0 saturated carbocycles. The van der Waals surface area contributed by atoms with E-state index in [0.29, 0.717) is 26.9 Å². The molecule has 4 rings (SSSR count). The molecule has 1 aromatic heterocycles. The first-order chi connectivity index (χ1) is 15.8. The van der Waals surface area contributed by atoms with Crippen molar-refractivity contribution in [2.24, 2.45) is 0 Å². The molecule has 2 heterocycles. The van der Waals surface area contributed by atoms with Crippen LogP contribution >= 0.6 is 11.3 Å². The lowest BCUT2D eigenvalue weighted by atomic mass is 9.87. The molecule has 0 bridgehead atoms. The summed E-state index contributed by atoms with van der Waals surface area (Å²) in [4.78, 5) is 40.9. The highest BCUT2D eigenvalue weighted by Gasteiger charge is 2.34. The lowest BCUT2D eigenvalue weighted by Gasteiger charge is -2.27. The van der Waals surface area contributed by atoms with E-state index in [2.05, 4.69) is 5.32 Å². The van der Waals surface area contributed by atoms with Gasteiger partial charge in [-0.15, -0.1) is 11.3 Å². The zero-order valence-electron chi connectivity index (χ0n) is 18.8. The van der Waals surface area contributed by atoms with E-state index in [4.69, 9.17) is 9.47 Å². The topological polar surface area (TPSA) is 84.9 Å². The van der Waals surface area contributed by atoms with Crippen molar-refractivity contribution in [3.05, 3.63) is 75.7 Å². The number of thiophene rings is 1. The molecule has 8 heteroatoms. The lowest BCUT2D eigenvalue weighted by Crippen LogP contribution is -2.25. The number of fused-ring (bicyclic) bond motifs is 2.